The zero-order valence-corrected chi connectivity index (χ0v) is 6.20. The van der Waals surface area contributed by atoms with Crippen LogP contribution in [0, 0.1) is 0 Å². The van der Waals surface area contributed by atoms with Crippen molar-refractivity contribution in [3.8, 4) is 0 Å². The Balaban J connectivity index is 2.00. The van der Waals surface area contributed by atoms with Gasteiger partial charge in [-0.3, -0.25) is 0 Å². The van der Waals surface area contributed by atoms with Gasteiger partial charge in [0.25, 0.3) is 0 Å². The Hall–Kier alpha value is 0.750. The molecule has 1 saturated heterocycles. The molecule has 1 nitrogen and oxygen atoms in total. The van der Waals surface area contributed by atoms with Gasteiger partial charge in [-0.25, -0.2) is 0 Å². The van der Waals surface area contributed by atoms with E-state index in [1.807, 2.05) is 11.8 Å². The minimum atomic E-state index is 0.156. The molecule has 0 aliphatic carbocycles. The molecule has 0 spiro atoms. The maximum atomic E-state index is 3.84. The van der Waals surface area contributed by atoms with Gasteiger partial charge in [0, 0.05) is 0 Å². The van der Waals surface area contributed by atoms with E-state index >= 15 is 0 Å². The molecule has 0 aromatic heterocycles. The van der Waals surface area contributed by atoms with Gasteiger partial charge < -0.3 is 0 Å². The van der Waals surface area contributed by atoms with Crippen molar-refractivity contribution in [2.24, 2.45) is 3.21 Å². The Kier molecular flexibility index (Phi) is 1.76. The van der Waals surface area contributed by atoms with E-state index in [4.69, 9.17) is 0 Å². The Morgan fingerprint density at radius 2 is 2.67 bits per heavy atom. The van der Waals surface area contributed by atoms with Gasteiger partial charge in [0.05, 0.1) is 0 Å². The summed E-state index contributed by atoms with van der Waals surface area (Å²) in [6, 6.07) is 0. The zero-order chi connectivity index (χ0) is 4.41. The van der Waals surface area contributed by atoms with Crippen LogP contribution in [0.5, 0.6) is 0 Å². The molecule has 0 bridgehead atoms. The summed E-state index contributed by atoms with van der Waals surface area (Å²) < 4.78 is 4.78. The van der Waals surface area contributed by atoms with E-state index in [9.17, 15) is 0 Å². The van der Waals surface area contributed by atoms with E-state index in [1.165, 1.54) is 5.75 Å². The van der Waals surface area contributed by atoms with Gasteiger partial charge >= 0.3 is 52.2 Å². The van der Waals surface area contributed by atoms with Crippen LogP contribution in [-0.2, 0) is 0 Å². The van der Waals surface area contributed by atoms with Gasteiger partial charge in [-0.15, -0.1) is 0 Å². The second-order valence-electron chi connectivity index (χ2n) is 0.961. The first kappa shape index (κ1) is 4.90. The van der Waals surface area contributed by atoms with Gasteiger partial charge in [0.1, 0.15) is 0 Å². The van der Waals surface area contributed by atoms with Crippen molar-refractivity contribution in [1.82, 2.24) is 0 Å². The van der Waals surface area contributed by atoms with E-state index < -0.39 is 0 Å². The molecule has 36 valence electrons. The number of alkyl halides is 1. The van der Waals surface area contributed by atoms with Crippen molar-refractivity contribution in [1.29, 1.82) is 0 Å². The van der Waals surface area contributed by atoms with Crippen LogP contribution in [0.3, 0.4) is 0 Å². The average molecular weight is 214 g/mol. The molecule has 6 heavy (non-hydrogen) atoms. The summed E-state index contributed by atoms with van der Waals surface area (Å²) >= 11 is 2.16. The van der Waals surface area contributed by atoms with E-state index in [0.29, 0.717) is 0 Å². The Morgan fingerprint density at radius 1 is 2.00 bits per heavy atom. The van der Waals surface area contributed by atoms with E-state index in [1.54, 1.807) is 0 Å². The summed E-state index contributed by atoms with van der Waals surface area (Å²) in [6.45, 7) is 3.43. The van der Waals surface area contributed by atoms with Crippen LogP contribution in [0.1, 0.15) is 0 Å². The van der Waals surface area contributed by atoms with E-state index in [-0.39, 0.29) is 21.5 Å². The summed E-state index contributed by atoms with van der Waals surface area (Å²) in [5.41, 5.74) is 0. The van der Waals surface area contributed by atoms with Crippen LogP contribution < -0.4 is 21.5 Å². The first-order valence-electron chi connectivity index (χ1n) is 1.64. The number of hydrogen-bond donors (Lipinski definition) is 0. The molecule has 1 heterocycles. The second-order valence-corrected chi connectivity index (χ2v) is 5.78. The topological polar surface area (TPSA) is 12.4 Å². The number of halogens is 1. The third kappa shape index (κ3) is 1.47. The second kappa shape index (κ2) is 2.16. The zero-order valence-electron chi connectivity index (χ0n) is 3.22. The molecule has 3 heteroatoms. The standard InChI is InChI=1S/C3H5INS/c1-5-4-3-2-6-3/h3H,1-2H2/q-1. The molecule has 0 amide bonds. The monoisotopic (exact) mass is 214 g/mol. The van der Waals surface area contributed by atoms with Gasteiger partial charge in [-0.1, -0.05) is 0 Å². The fourth-order valence-electron chi connectivity index (χ4n) is 0.170. The van der Waals surface area contributed by atoms with Gasteiger partial charge in [-0.05, 0) is 0 Å². The van der Waals surface area contributed by atoms with Crippen molar-refractivity contribution < 1.29 is 21.5 Å². The quantitative estimate of drug-likeness (QED) is 0.219. The molecular weight excluding hydrogens is 209 g/mol. The molecule has 1 aliphatic rings. The first-order valence-corrected chi connectivity index (χ1v) is 4.90. The molecule has 0 aromatic rings. The number of rotatable bonds is 2. The first-order chi connectivity index (χ1) is 2.93. The number of hydrogen-bond acceptors (Lipinski definition) is 2. The van der Waals surface area contributed by atoms with Crippen LogP contribution in [0.4, 0.5) is 0 Å². The summed E-state index contributed by atoms with van der Waals surface area (Å²) in [4.78, 5) is 0. The van der Waals surface area contributed by atoms with Crippen molar-refractivity contribution in [2.75, 3.05) is 5.75 Å². The molecule has 1 fully saturated rings. The Labute approximate surface area is 52.2 Å². The minimum absolute atomic E-state index is 0.156. The summed E-state index contributed by atoms with van der Waals surface area (Å²) in [5.74, 6) is 1.35. The molecule has 1 rings (SSSR count). The molecule has 1 aliphatic heterocycles. The van der Waals surface area contributed by atoms with E-state index in [2.05, 4.69) is 9.92 Å². The normalized spacial score (nSPS) is 30.3. The van der Waals surface area contributed by atoms with Gasteiger partial charge in [0.15, 0.2) is 0 Å². The third-order valence-electron chi connectivity index (χ3n) is 0.471. The third-order valence-corrected chi connectivity index (χ3v) is 4.76. The predicted octanol–water partition coefficient (Wildman–Crippen LogP) is -2.24. The predicted molar refractivity (Wildman–Crippen MR) is 25.8 cm³/mol. The summed E-state index contributed by atoms with van der Waals surface area (Å²) in [6.07, 6.45) is 0. The summed E-state index contributed by atoms with van der Waals surface area (Å²) in [7, 11) is 0. The number of thioether (sulfide) groups is 1. The molecule has 1 atom stereocenters. The van der Waals surface area contributed by atoms with Crippen LogP contribution in [0.2, 0.25) is 0 Å². The molecule has 0 aromatic carbocycles. The summed E-state index contributed by atoms with van der Waals surface area (Å²) in [5, 5.41) is 0. The van der Waals surface area contributed by atoms with Crippen LogP contribution in [0.25, 0.3) is 0 Å². The Morgan fingerprint density at radius 3 is 2.83 bits per heavy atom. The van der Waals surface area contributed by atoms with Crippen LogP contribution >= 0.6 is 11.8 Å². The molecule has 0 N–H and O–H groups in total. The SMILES string of the molecule is C=N[I-]C1CS1. The number of nitrogens with zero attached hydrogens (tertiary/aromatic N) is 1. The van der Waals surface area contributed by atoms with Crippen molar-refractivity contribution in [3.05, 3.63) is 0 Å². The molecule has 1 unspecified atom stereocenters. The average Bonchev–Trinajstić information content (AvgIpc) is 2.21. The van der Waals surface area contributed by atoms with Crippen molar-refractivity contribution in [3.63, 3.8) is 0 Å². The molecule has 0 saturated carbocycles. The van der Waals surface area contributed by atoms with Crippen LogP contribution in [0.15, 0.2) is 3.21 Å². The maximum absolute atomic E-state index is 3.84. The molecular formula is C3H5INS-. The Bertz CT molecular complexity index is 61.8. The fraction of sp³-hybridized carbons (Fsp3) is 0.667. The van der Waals surface area contributed by atoms with Crippen molar-refractivity contribution in [2.45, 2.75) is 3.26 Å². The van der Waals surface area contributed by atoms with Crippen molar-refractivity contribution >= 4 is 18.5 Å². The van der Waals surface area contributed by atoms with Crippen LogP contribution in [-0.4, -0.2) is 15.7 Å². The van der Waals surface area contributed by atoms with Gasteiger partial charge in [-0.2, -0.15) is 0 Å². The van der Waals surface area contributed by atoms with Gasteiger partial charge in [0.2, 0.25) is 0 Å². The van der Waals surface area contributed by atoms with E-state index in [0.717, 1.165) is 3.26 Å². The fourth-order valence-corrected chi connectivity index (χ4v) is 2.76. The molecule has 0 radical (unpaired) electrons.